The van der Waals surface area contributed by atoms with Crippen LogP contribution in [-0.4, -0.2) is 11.7 Å². The fraction of sp³-hybridized carbons (Fsp3) is 0.158. The van der Waals surface area contributed by atoms with Crippen LogP contribution in [0.25, 0.3) is 0 Å². The summed E-state index contributed by atoms with van der Waals surface area (Å²) in [5, 5.41) is 0. The van der Waals surface area contributed by atoms with Crippen molar-refractivity contribution in [2.45, 2.75) is 18.7 Å². The third kappa shape index (κ3) is 3.08. The van der Waals surface area contributed by atoms with Crippen LogP contribution in [0.5, 0.6) is 0 Å². The van der Waals surface area contributed by atoms with Gasteiger partial charge in [0.15, 0.2) is 0 Å². The number of hydrogen-bond acceptors (Lipinski definition) is 3. The lowest BCUT2D eigenvalue weighted by Gasteiger charge is -2.21. The van der Waals surface area contributed by atoms with Gasteiger partial charge in [0.1, 0.15) is 0 Å². The van der Waals surface area contributed by atoms with Gasteiger partial charge in [-0.1, -0.05) is 55.9 Å². The van der Waals surface area contributed by atoms with E-state index in [0.717, 1.165) is 10.6 Å². The molecule has 0 saturated heterocycles. The number of benzene rings is 2. The number of carbonyl (C=O) groups is 2. The maximum Gasteiger partial charge on any atom is 0.233 e. The quantitative estimate of drug-likeness (QED) is 0.780. The highest BCUT2D eigenvalue weighted by molar-refractivity contribution is 8.04. The molecule has 0 saturated carbocycles. The van der Waals surface area contributed by atoms with Crippen molar-refractivity contribution in [3.05, 3.63) is 71.3 Å². The summed E-state index contributed by atoms with van der Waals surface area (Å²) in [5.74, 6) is -0.216. The van der Waals surface area contributed by atoms with Crippen molar-refractivity contribution in [1.29, 1.82) is 0 Å². The van der Waals surface area contributed by atoms with Gasteiger partial charge in [0.25, 0.3) is 0 Å². The fourth-order valence-corrected chi connectivity index (χ4v) is 3.39. The summed E-state index contributed by atoms with van der Waals surface area (Å²) in [5.41, 5.74) is 1.47. The SMILES string of the molecule is CC(C)C(=O)N(/C=C1\Sc2ccccc2C1=O)c1ccccc1. The van der Waals surface area contributed by atoms with E-state index in [9.17, 15) is 9.59 Å². The highest BCUT2D eigenvalue weighted by atomic mass is 32.2. The van der Waals surface area contributed by atoms with E-state index in [1.54, 1.807) is 11.1 Å². The van der Waals surface area contributed by atoms with Crippen molar-refractivity contribution in [3.63, 3.8) is 0 Å². The Labute approximate surface area is 140 Å². The topological polar surface area (TPSA) is 37.4 Å². The molecule has 0 radical (unpaired) electrons. The Bertz CT molecular complexity index is 781. The zero-order valence-corrected chi connectivity index (χ0v) is 13.8. The highest BCUT2D eigenvalue weighted by Crippen LogP contribution is 2.40. The Hall–Kier alpha value is -2.33. The Balaban J connectivity index is 2.00. The number of amides is 1. The summed E-state index contributed by atoms with van der Waals surface area (Å²) in [6.07, 6.45) is 1.67. The fourth-order valence-electron chi connectivity index (χ4n) is 2.38. The molecule has 1 aliphatic heterocycles. The van der Waals surface area contributed by atoms with Crippen LogP contribution >= 0.6 is 11.8 Å². The Morgan fingerprint density at radius 3 is 2.35 bits per heavy atom. The first-order valence-corrected chi connectivity index (χ1v) is 8.31. The van der Waals surface area contributed by atoms with Crippen molar-refractivity contribution < 1.29 is 9.59 Å². The van der Waals surface area contributed by atoms with Gasteiger partial charge in [-0.25, -0.2) is 0 Å². The van der Waals surface area contributed by atoms with Gasteiger partial charge in [-0.05, 0) is 24.3 Å². The first-order valence-electron chi connectivity index (χ1n) is 7.49. The lowest BCUT2D eigenvalue weighted by atomic mass is 10.1. The first-order chi connectivity index (χ1) is 11.1. The molecule has 0 fully saturated rings. The zero-order chi connectivity index (χ0) is 16.4. The predicted octanol–water partition coefficient (Wildman–Crippen LogP) is 4.51. The summed E-state index contributed by atoms with van der Waals surface area (Å²) in [7, 11) is 0. The molecule has 1 amide bonds. The maximum atomic E-state index is 12.6. The van der Waals surface area contributed by atoms with Gasteiger partial charge in [0.05, 0.1) is 4.91 Å². The van der Waals surface area contributed by atoms with E-state index < -0.39 is 0 Å². The van der Waals surface area contributed by atoms with E-state index in [1.165, 1.54) is 11.8 Å². The number of para-hydroxylation sites is 1. The first kappa shape index (κ1) is 15.6. The lowest BCUT2D eigenvalue weighted by molar-refractivity contribution is -0.120. The lowest BCUT2D eigenvalue weighted by Crippen LogP contribution is -2.30. The standard InChI is InChI=1S/C19H17NO2S/c1-13(2)19(22)20(14-8-4-3-5-9-14)12-17-18(21)15-10-6-7-11-16(15)23-17/h3-13H,1-2H3/b17-12-. The summed E-state index contributed by atoms with van der Waals surface area (Å²) in [6, 6.07) is 16.9. The molecule has 1 heterocycles. The van der Waals surface area contributed by atoms with Crippen LogP contribution in [0.4, 0.5) is 5.69 Å². The van der Waals surface area contributed by atoms with Gasteiger partial charge in [-0.3, -0.25) is 14.5 Å². The van der Waals surface area contributed by atoms with E-state index in [2.05, 4.69) is 0 Å². The molecule has 2 aromatic rings. The zero-order valence-electron chi connectivity index (χ0n) is 13.0. The third-order valence-corrected chi connectivity index (χ3v) is 4.67. The van der Waals surface area contributed by atoms with Gasteiger partial charge in [-0.2, -0.15) is 0 Å². The molecular weight excluding hydrogens is 306 g/mol. The molecule has 23 heavy (non-hydrogen) atoms. The number of thioether (sulfide) groups is 1. The number of fused-ring (bicyclic) bond motifs is 1. The Morgan fingerprint density at radius 2 is 1.70 bits per heavy atom. The molecule has 0 bridgehead atoms. The summed E-state index contributed by atoms with van der Waals surface area (Å²) >= 11 is 1.41. The van der Waals surface area contributed by atoms with Crippen molar-refractivity contribution in [3.8, 4) is 0 Å². The number of rotatable bonds is 3. The van der Waals surface area contributed by atoms with E-state index >= 15 is 0 Å². The molecule has 3 rings (SSSR count). The van der Waals surface area contributed by atoms with Crippen LogP contribution in [-0.2, 0) is 4.79 Å². The van der Waals surface area contributed by atoms with Gasteiger partial charge >= 0.3 is 0 Å². The predicted molar refractivity (Wildman–Crippen MR) is 93.5 cm³/mol. The summed E-state index contributed by atoms with van der Waals surface area (Å²) in [6.45, 7) is 3.71. The second-order valence-corrected chi connectivity index (χ2v) is 6.70. The average molecular weight is 323 g/mol. The van der Waals surface area contributed by atoms with E-state index in [4.69, 9.17) is 0 Å². The number of hydrogen-bond donors (Lipinski definition) is 0. The molecule has 0 unspecified atom stereocenters. The maximum absolute atomic E-state index is 12.6. The second-order valence-electron chi connectivity index (χ2n) is 5.62. The molecular formula is C19H17NO2S. The molecule has 3 nitrogen and oxygen atoms in total. The normalized spacial score (nSPS) is 15.1. The molecule has 0 atom stereocenters. The molecule has 2 aromatic carbocycles. The molecule has 0 N–H and O–H groups in total. The minimum absolute atomic E-state index is 0.0249. The van der Waals surface area contributed by atoms with Crippen LogP contribution in [0, 0.1) is 5.92 Å². The highest BCUT2D eigenvalue weighted by Gasteiger charge is 2.27. The van der Waals surface area contributed by atoms with Gasteiger partial charge < -0.3 is 0 Å². The smallest absolute Gasteiger partial charge is 0.233 e. The molecule has 4 heteroatoms. The second kappa shape index (κ2) is 6.42. The average Bonchev–Trinajstić information content (AvgIpc) is 2.89. The van der Waals surface area contributed by atoms with Crippen LogP contribution in [0.1, 0.15) is 24.2 Å². The molecule has 1 aliphatic rings. The summed E-state index contributed by atoms with van der Waals surface area (Å²) < 4.78 is 0. The van der Waals surface area contributed by atoms with Crippen LogP contribution in [0.3, 0.4) is 0 Å². The van der Waals surface area contributed by atoms with E-state index in [0.29, 0.717) is 10.5 Å². The van der Waals surface area contributed by atoms with Gasteiger partial charge in [0, 0.05) is 28.3 Å². The van der Waals surface area contributed by atoms with Crippen molar-refractivity contribution >= 4 is 29.1 Å². The van der Waals surface area contributed by atoms with Crippen LogP contribution in [0.2, 0.25) is 0 Å². The molecule has 116 valence electrons. The number of carbonyl (C=O) groups excluding carboxylic acids is 2. The minimum Gasteiger partial charge on any atom is -0.288 e. The number of Topliss-reactive ketones (excluding diaryl/α,β-unsaturated/α-hetero) is 1. The number of ketones is 1. The Kier molecular flexibility index (Phi) is 4.35. The molecule has 0 aromatic heterocycles. The van der Waals surface area contributed by atoms with E-state index in [1.807, 2.05) is 68.4 Å². The van der Waals surface area contributed by atoms with Crippen molar-refractivity contribution in [2.24, 2.45) is 5.92 Å². The van der Waals surface area contributed by atoms with Crippen molar-refractivity contribution in [1.82, 2.24) is 0 Å². The van der Waals surface area contributed by atoms with Gasteiger partial charge in [-0.15, -0.1) is 0 Å². The number of anilines is 1. The summed E-state index contributed by atoms with van der Waals surface area (Å²) in [4.78, 5) is 28.2. The monoisotopic (exact) mass is 323 g/mol. The minimum atomic E-state index is -0.157. The molecule has 0 spiro atoms. The Morgan fingerprint density at radius 1 is 1.04 bits per heavy atom. The molecule has 0 aliphatic carbocycles. The van der Waals surface area contributed by atoms with Crippen LogP contribution < -0.4 is 4.90 Å². The third-order valence-electron chi connectivity index (χ3n) is 3.59. The van der Waals surface area contributed by atoms with E-state index in [-0.39, 0.29) is 17.6 Å². The van der Waals surface area contributed by atoms with Crippen LogP contribution in [0.15, 0.2) is 70.6 Å². The number of nitrogens with zero attached hydrogens (tertiary/aromatic N) is 1. The number of allylic oxidation sites excluding steroid dienone is 1. The van der Waals surface area contributed by atoms with Crippen molar-refractivity contribution in [2.75, 3.05) is 4.90 Å². The van der Waals surface area contributed by atoms with Gasteiger partial charge in [0.2, 0.25) is 11.7 Å². The largest absolute Gasteiger partial charge is 0.288 e.